The highest BCUT2D eigenvalue weighted by Gasteiger charge is 2.29. The Kier molecular flexibility index (Phi) is 10.0. The summed E-state index contributed by atoms with van der Waals surface area (Å²) in [7, 11) is 0. The first kappa shape index (κ1) is 31.4. The first-order valence-electron chi connectivity index (χ1n) is 16.2. The van der Waals surface area contributed by atoms with Crippen LogP contribution in [0.2, 0.25) is 0 Å². The molecule has 1 aromatic heterocycles. The molecule has 3 fully saturated rings. The number of piperidine rings is 2. The largest absolute Gasteiger partial charge is 0.378 e. The predicted molar refractivity (Wildman–Crippen MR) is 174 cm³/mol. The molecule has 0 spiro atoms. The smallest absolute Gasteiger partial charge is 0.272 e. The topological polar surface area (TPSA) is 119 Å². The lowest BCUT2D eigenvalue weighted by Gasteiger charge is -2.32. The van der Waals surface area contributed by atoms with E-state index in [9.17, 15) is 14.4 Å². The normalized spacial score (nSPS) is 18.2. The summed E-state index contributed by atoms with van der Waals surface area (Å²) in [4.78, 5) is 50.0. The number of nitrogens with zero attached hydrogens (tertiary/aromatic N) is 5. The van der Waals surface area contributed by atoms with Crippen LogP contribution in [0.15, 0.2) is 66.9 Å². The van der Waals surface area contributed by atoms with E-state index in [0.717, 1.165) is 64.5 Å². The number of carbonyl (C=O) groups excluding carboxylic acids is 3. The maximum atomic E-state index is 13.2. The number of amides is 2. The van der Waals surface area contributed by atoms with Gasteiger partial charge < -0.3 is 19.9 Å². The van der Waals surface area contributed by atoms with E-state index >= 15 is 0 Å². The van der Waals surface area contributed by atoms with Gasteiger partial charge in [0.15, 0.2) is 5.78 Å². The van der Waals surface area contributed by atoms with E-state index in [0.29, 0.717) is 48.3 Å². The van der Waals surface area contributed by atoms with E-state index in [4.69, 9.17) is 10.00 Å². The van der Waals surface area contributed by atoms with Crippen LogP contribution < -0.4 is 10.2 Å². The van der Waals surface area contributed by atoms with Crippen LogP contribution in [0, 0.1) is 17.2 Å². The maximum Gasteiger partial charge on any atom is 0.272 e. The summed E-state index contributed by atoms with van der Waals surface area (Å²) in [5.41, 5.74) is 4.38. The molecule has 46 heavy (non-hydrogen) atoms. The van der Waals surface area contributed by atoms with Crippen molar-refractivity contribution < 1.29 is 19.1 Å². The van der Waals surface area contributed by atoms with Crippen molar-refractivity contribution in [1.82, 2.24) is 20.1 Å². The average Bonchev–Trinajstić information content (AvgIpc) is 3.13. The molecule has 2 aromatic carbocycles. The molecule has 3 aliphatic heterocycles. The lowest BCUT2D eigenvalue weighted by atomic mass is 9.88. The molecule has 0 aliphatic carbocycles. The number of anilines is 1. The van der Waals surface area contributed by atoms with E-state index < -0.39 is 0 Å². The van der Waals surface area contributed by atoms with Crippen LogP contribution in [0.5, 0.6) is 0 Å². The minimum atomic E-state index is -0.186. The average molecular weight is 621 g/mol. The van der Waals surface area contributed by atoms with Crippen molar-refractivity contribution in [1.29, 1.82) is 5.26 Å². The molecule has 238 valence electrons. The van der Waals surface area contributed by atoms with E-state index in [2.05, 4.69) is 26.2 Å². The summed E-state index contributed by atoms with van der Waals surface area (Å²) < 4.78 is 5.43. The molecule has 6 rings (SSSR count). The molecule has 0 atom stereocenters. The highest BCUT2D eigenvalue weighted by Crippen LogP contribution is 2.25. The maximum absolute atomic E-state index is 13.2. The number of nitrogens with one attached hydrogen (secondary N) is 1. The summed E-state index contributed by atoms with van der Waals surface area (Å²) in [5, 5.41) is 12.1. The third-order valence-electron chi connectivity index (χ3n) is 9.34. The fraction of sp³-hybridized carbons (Fsp3) is 0.417. The van der Waals surface area contributed by atoms with Crippen LogP contribution in [0.1, 0.15) is 68.0 Å². The number of hydrogen-bond acceptors (Lipinski definition) is 8. The predicted octanol–water partition coefficient (Wildman–Crippen LogP) is 3.92. The third kappa shape index (κ3) is 7.61. The number of benzene rings is 2. The van der Waals surface area contributed by atoms with Crippen molar-refractivity contribution >= 4 is 23.3 Å². The number of Topliss-reactive ketones (excluding diaryl/α,β-unsaturated/α-hetero) is 1. The first-order valence-corrected chi connectivity index (χ1v) is 16.2. The second-order valence-electron chi connectivity index (χ2n) is 12.3. The van der Waals surface area contributed by atoms with Crippen LogP contribution in [-0.2, 0) is 11.3 Å². The van der Waals surface area contributed by atoms with Crippen LogP contribution in [0.25, 0.3) is 0 Å². The van der Waals surface area contributed by atoms with Crippen LogP contribution >= 0.6 is 0 Å². The molecule has 3 aliphatic rings. The van der Waals surface area contributed by atoms with Crippen molar-refractivity contribution in [2.45, 2.75) is 38.3 Å². The zero-order valence-electron chi connectivity index (χ0n) is 26.1. The second-order valence-corrected chi connectivity index (χ2v) is 12.3. The monoisotopic (exact) mass is 620 g/mol. The van der Waals surface area contributed by atoms with Gasteiger partial charge in [-0.1, -0.05) is 12.1 Å². The van der Waals surface area contributed by atoms with Gasteiger partial charge >= 0.3 is 0 Å². The molecule has 1 N–H and O–H groups in total. The number of likely N-dealkylation sites (tertiary alicyclic amines) is 2. The van der Waals surface area contributed by atoms with E-state index in [1.807, 2.05) is 48.5 Å². The molecule has 2 amide bonds. The standard InChI is InChI=1S/C36H40N6O4/c37-23-26-1-3-27(4-2-26)25-40-15-13-31(14-16-40)39-35(44)30-7-10-33(38-24-30)36(45)42-17-11-29(12-18-42)34(43)28-5-8-32(9-6-28)41-19-21-46-22-20-41/h1-10,24,29,31H,11-22,25H2,(H,39,44). The summed E-state index contributed by atoms with van der Waals surface area (Å²) >= 11 is 0. The number of hydrogen-bond donors (Lipinski definition) is 1. The SMILES string of the molecule is N#Cc1ccc(CN2CCC(NC(=O)c3ccc(C(=O)N4CCC(C(=O)c5ccc(N6CCOCC6)cc5)CC4)nc3)CC2)cc1. The van der Waals surface area contributed by atoms with Crippen molar-refractivity contribution in [2.24, 2.45) is 5.92 Å². The molecule has 10 nitrogen and oxygen atoms in total. The Morgan fingerprint density at radius 3 is 2.13 bits per heavy atom. The number of morpholine rings is 1. The zero-order valence-corrected chi connectivity index (χ0v) is 26.1. The van der Waals surface area contributed by atoms with Crippen molar-refractivity contribution in [3.63, 3.8) is 0 Å². The highest BCUT2D eigenvalue weighted by molar-refractivity contribution is 5.99. The van der Waals surface area contributed by atoms with Gasteiger partial charge in [-0.25, -0.2) is 0 Å². The van der Waals surface area contributed by atoms with Crippen LogP contribution in [0.4, 0.5) is 5.69 Å². The minimum Gasteiger partial charge on any atom is -0.378 e. The molecule has 0 bridgehead atoms. The van der Waals surface area contributed by atoms with Crippen molar-refractivity contribution in [3.05, 3.63) is 94.8 Å². The molecule has 10 heteroatoms. The fourth-order valence-corrected chi connectivity index (χ4v) is 6.50. The molecule has 0 unspecified atom stereocenters. The van der Waals surface area contributed by atoms with Crippen molar-refractivity contribution in [3.8, 4) is 6.07 Å². The molecule has 0 saturated carbocycles. The van der Waals surface area contributed by atoms with E-state index in [1.165, 1.54) is 11.8 Å². The Bertz CT molecular complexity index is 1550. The molecule has 0 radical (unpaired) electrons. The van der Waals surface area contributed by atoms with Gasteiger partial charge in [-0.15, -0.1) is 0 Å². The summed E-state index contributed by atoms with van der Waals surface area (Å²) in [6, 6.07) is 21.0. The van der Waals surface area contributed by atoms with Gasteiger partial charge in [0.05, 0.1) is 30.4 Å². The Morgan fingerprint density at radius 1 is 0.826 bits per heavy atom. The van der Waals surface area contributed by atoms with Gasteiger partial charge in [-0.05, 0) is 79.8 Å². The number of nitriles is 1. The van der Waals surface area contributed by atoms with Gasteiger partial charge in [-0.3, -0.25) is 24.3 Å². The number of pyridine rings is 1. The quantitative estimate of drug-likeness (QED) is 0.377. The molecule has 3 saturated heterocycles. The molecule has 4 heterocycles. The molecular formula is C36H40N6O4. The number of rotatable bonds is 8. The van der Waals surface area contributed by atoms with Gasteiger partial charge in [0.1, 0.15) is 5.69 Å². The first-order chi connectivity index (χ1) is 22.5. The number of ketones is 1. The Hall–Kier alpha value is -4.59. The fourth-order valence-electron chi connectivity index (χ4n) is 6.50. The second kappa shape index (κ2) is 14.7. The lowest BCUT2D eigenvalue weighted by molar-refractivity contribution is 0.0645. The highest BCUT2D eigenvalue weighted by atomic mass is 16.5. The zero-order chi connectivity index (χ0) is 31.9. The van der Waals surface area contributed by atoms with Crippen LogP contribution in [-0.4, -0.2) is 90.9 Å². The Morgan fingerprint density at radius 2 is 1.50 bits per heavy atom. The van der Waals surface area contributed by atoms with Crippen LogP contribution in [0.3, 0.4) is 0 Å². The number of aromatic nitrogens is 1. The molecule has 3 aromatic rings. The van der Waals surface area contributed by atoms with Crippen molar-refractivity contribution in [2.75, 3.05) is 57.4 Å². The third-order valence-corrected chi connectivity index (χ3v) is 9.34. The molecular weight excluding hydrogens is 580 g/mol. The minimum absolute atomic E-state index is 0.0812. The Labute approximate surface area is 270 Å². The van der Waals surface area contributed by atoms with E-state index in [-0.39, 0.29) is 29.6 Å². The van der Waals surface area contributed by atoms with Gasteiger partial charge in [0.2, 0.25) is 0 Å². The Balaban J connectivity index is 0.937. The number of carbonyl (C=O) groups is 3. The lowest BCUT2D eigenvalue weighted by Crippen LogP contribution is -2.44. The summed E-state index contributed by atoms with van der Waals surface area (Å²) in [5.74, 6) is -0.344. The summed E-state index contributed by atoms with van der Waals surface area (Å²) in [6.45, 7) is 6.71. The van der Waals surface area contributed by atoms with Gasteiger partial charge in [0, 0.05) is 75.2 Å². The number of ether oxygens (including phenoxy) is 1. The van der Waals surface area contributed by atoms with Gasteiger partial charge in [0.25, 0.3) is 11.8 Å². The van der Waals surface area contributed by atoms with Gasteiger partial charge in [-0.2, -0.15) is 5.26 Å². The van der Waals surface area contributed by atoms with E-state index in [1.54, 1.807) is 17.0 Å². The summed E-state index contributed by atoms with van der Waals surface area (Å²) in [6.07, 6.45) is 4.40.